The maximum atomic E-state index is 11.8. The highest BCUT2D eigenvalue weighted by molar-refractivity contribution is 5.98. The van der Waals surface area contributed by atoms with Gasteiger partial charge >= 0.3 is 0 Å². The topological polar surface area (TPSA) is 76.4 Å². The molecule has 1 amide bonds. The third-order valence-electron chi connectivity index (χ3n) is 4.25. The van der Waals surface area contributed by atoms with Gasteiger partial charge in [-0.15, -0.1) is 0 Å². The van der Waals surface area contributed by atoms with Gasteiger partial charge in [0.2, 0.25) is 5.89 Å². The third kappa shape index (κ3) is 3.13. The lowest BCUT2D eigenvalue weighted by molar-refractivity contribution is -0.122. The van der Waals surface area contributed by atoms with E-state index in [2.05, 4.69) is 15.6 Å². The van der Waals surface area contributed by atoms with E-state index in [4.69, 9.17) is 9.15 Å². The second-order valence-corrected chi connectivity index (χ2v) is 6.26. The quantitative estimate of drug-likeness (QED) is 0.737. The van der Waals surface area contributed by atoms with Gasteiger partial charge < -0.3 is 19.8 Å². The van der Waals surface area contributed by atoms with Crippen molar-refractivity contribution in [2.24, 2.45) is 0 Å². The molecule has 2 heterocycles. The molecule has 6 nitrogen and oxygen atoms in total. The highest BCUT2D eigenvalue weighted by Gasteiger charge is 2.24. The average Bonchev–Trinajstić information content (AvgIpc) is 3.14. The van der Waals surface area contributed by atoms with Crippen LogP contribution in [-0.2, 0) is 4.79 Å². The molecule has 0 fully saturated rings. The zero-order valence-corrected chi connectivity index (χ0v) is 14.5. The maximum Gasteiger partial charge on any atom is 0.265 e. The summed E-state index contributed by atoms with van der Waals surface area (Å²) in [6.07, 6.45) is 1.24. The number of amides is 1. The zero-order valence-electron chi connectivity index (χ0n) is 14.5. The summed E-state index contributed by atoms with van der Waals surface area (Å²) in [5.74, 6) is 1.84. The molecule has 0 spiro atoms. The Morgan fingerprint density at radius 3 is 2.81 bits per heavy atom. The predicted molar refractivity (Wildman–Crippen MR) is 99.1 cm³/mol. The molecule has 0 saturated carbocycles. The SMILES string of the molecule is C[C@@H]1Oc2ccc(N[C@@H](C)c3ncc(-c4ccccc4)o3)cc2NC1=O. The van der Waals surface area contributed by atoms with Crippen LogP contribution in [0, 0.1) is 0 Å². The van der Waals surface area contributed by atoms with Gasteiger partial charge in [-0.1, -0.05) is 30.3 Å². The molecule has 1 aliphatic rings. The van der Waals surface area contributed by atoms with Crippen molar-refractivity contribution < 1.29 is 13.9 Å². The lowest BCUT2D eigenvalue weighted by atomic mass is 10.2. The molecule has 0 aliphatic carbocycles. The van der Waals surface area contributed by atoms with Gasteiger partial charge in [-0.3, -0.25) is 4.79 Å². The number of nitrogens with one attached hydrogen (secondary N) is 2. The van der Waals surface area contributed by atoms with E-state index in [0.29, 0.717) is 17.3 Å². The van der Waals surface area contributed by atoms with Crippen LogP contribution in [0.4, 0.5) is 11.4 Å². The fourth-order valence-electron chi connectivity index (χ4n) is 2.83. The Kier molecular flexibility index (Phi) is 4.08. The fourth-order valence-corrected chi connectivity index (χ4v) is 2.83. The van der Waals surface area contributed by atoms with Crippen molar-refractivity contribution in [1.29, 1.82) is 0 Å². The first-order chi connectivity index (χ1) is 12.6. The normalized spacial score (nSPS) is 17.0. The molecule has 3 aromatic rings. The van der Waals surface area contributed by atoms with Gasteiger partial charge in [-0.2, -0.15) is 0 Å². The van der Waals surface area contributed by atoms with Crippen LogP contribution < -0.4 is 15.4 Å². The Hall–Kier alpha value is -3.28. The highest BCUT2D eigenvalue weighted by atomic mass is 16.5. The highest BCUT2D eigenvalue weighted by Crippen LogP contribution is 2.33. The Bertz CT molecular complexity index is 936. The molecule has 1 aromatic heterocycles. The molecule has 2 atom stereocenters. The summed E-state index contributed by atoms with van der Waals surface area (Å²) >= 11 is 0. The van der Waals surface area contributed by atoms with Crippen LogP contribution in [-0.4, -0.2) is 17.0 Å². The summed E-state index contributed by atoms with van der Waals surface area (Å²) in [5.41, 5.74) is 2.48. The number of aromatic nitrogens is 1. The number of nitrogens with zero attached hydrogens (tertiary/aromatic N) is 1. The van der Waals surface area contributed by atoms with Gasteiger partial charge in [-0.25, -0.2) is 4.98 Å². The lowest BCUT2D eigenvalue weighted by Gasteiger charge is -2.24. The first-order valence-electron chi connectivity index (χ1n) is 8.49. The van der Waals surface area contributed by atoms with Crippen molar-refractivity contribution in [3.63, 3.8) is 0 Å². The van der Waals surface area contributed by atoms with Gasteiger partial charge in [0.15, 0.2) is 11.9 Å². The summed E-state index contributed by atoms with van der Waals surface area (Å²) in [4.78, 5) is 16.1. The minimum Gasteiger partial charge on any atom is -0.479 e. The number of ether oxygens (including phenoxy) is 1. The molecule has 0 radical (unpaired) electrons. The Labute approximate surface area is 151 Å². The Morgan fingerprint density at radius 1 is 1.19 bits per heavy atom. The molecule has 132 valence electrons. The zero-order chi connectivity index (χ0) is 18.1. The van der Waals surface area contributed by atoms with Crippen molar-refractivity contribution in [3.8, 4) is 17.1 Å². The summed E-state index contributed by atoms with van der Waals surface area (Å²) in [7, 11) is 0. The van der Waals surface area contributed by atoms with E-state index in [1.54, 1.807) is 13.1 Å². The van der Waals surface area contributed by atoms with E-state index in [-0.39, 0.29) is 11.9 Å². The van der Waals surface area contributed by atoms with Gasteiger partial charge in [-0.05, 0) is 32.0 Å². The minimum atomic E-state index is -0.482. The average molecular weight is 349 g/mol. The molecule has 4 rings (SSSR count). The predicted octanol–water partition coefficient (Wildman–Crippen LogP) is 4.23. The number of hydrogen-bond donors (Lipinski definition) is 2. The summed E-state index contributed by atoms with van der Waals surface area (Å²) in [6, 6.07) is 15.3. The summed E-state index contributed by atoms with van der Waals surface area (Å²) < 4.78 is 11.4. The van der Waals surface area contributed by atoms with Crippen molar-refractivity contribution in [3.05, 3.63) is 60.6 Å². The van der Waals surface area contributed by atoms with E-state index in [0.717, 1.165) is 17.0 Å². The Morgan fingerprint density at radius 2 is 2.00 bits per heavy atom. The van der Waals surface area contributed by atoms with Gasteiger partial charge in [0, 0.05) is 11.3 Å². The van der Waals surface area contributed by atoms with Gasteiger partial charge in [0.05, 0.1) is 11.9 Å². The first kappa shape index (κ1) is 16.2. The lowest BCUT2D eigenvalue weighted by Crippen LogP contribution is -2.34. The number of oxazole rings is 1. The number of benzene rings is 2. The molecular weight excluding hydrogens is 330 g/mol. The molecule has 0 saturated heterocycles. The molecule has 2 aromatic carbocycles. The number of hydrogen-bond acceptors (Lipinski definition) is 5. The van der Waals surface area contributed by atoms with E-state index in [9.17, 15) is 4.79 Å². The second-order valence-electron chi connectivity index (χ2n) is 6.26. The smallest absolute Gasteiger partial charge is 0.265 e. The minimum absolute atomic E-state index is 0.135. The molecule has 26 heavy (non-hydrogen) atoms. The number of rotatable bonds is 4. The molecule has 0 unspecified atom stereocenters. The van der Waals surface area contributed by atoms with Crippen LogP contribution >= 0.6 is 0 Å². The van der Waals surface area contributed by atoms with Crippen molar-refractivity contribution in [1.82, 2.24) is 4.98 Å². The van der Waals surface area contributed by atoms with E-state index >= 15 is 0 Å². The van der Waals surface area contributed by atoms with Crippen LogP contribution in [0.25, 0.3) is 11.3 Å². The van der Waals surface area contributed by atoms with Crippen LogP contribution in [0.2, 0.25) is 0 Å². The molecular formula is C20H19N3O3. The number of carbonyl (C=O) groups excluding carboxylic acids is 1. The first-order valence-corrected chi connectivity index (χ1v) is 8.49. The van der Waals surface area contributed by atoms with Crippen LogP contribution in [0.15, 0.2) is 59.1 Å². The number of fused-ring (bicyclic) bond motifs is 1. The summed E-state index contributed by atoms with van der Waals surface area (Å²) in [5, 5.41) is 6.18. The Balaban J connectivity index is 1.50. The standard InChI is InChI=1S/C20H19N3O3/c1-12(20-21-11-18(26-20)14-6-4-3-5-7-14)22-15-8-9-17-16(10-15)23-19(24)13(2)25-17/h3-13,22H,1-2H3,(H,23,24)/t12-,13-/m0/s1. The number of carbonyl (C=O) groups is 1. The molecule has 1 aliphatic heterocycles. The second kappa shape index (κ2) is 6.55. The van der Waals surface area contributed by atoms with E-state index in [1.807, 2.05) is 55.5 Å². The molecule has 0 bridgehead atoms. The van der Waals surface area contributed by atoms with Crippen molar-refractivity contribution in [2.75, 3.05) is 10.6 Å². The van der Waals surface area contributed by atoms with Crippen LogP contribution in [0.5, 0.6) is 5.75 Å². The largest absolute Gasteiger partial charge is 0.479 e. The van der Waals surface area contributed by atoms with Gasteiger partial charge in [0.25, 0.3) is 5.91 Å². The number of anilines is 2. The summed E-state index contributed by atoms with van der Waals surface area (Å²) in [6.45, 7) is 3.69. The van der Waals surface area contributed by atoms with Crippen molar-refractivity contribution >= 4 is 17.3 Å². The van der Waals surface area contributed by atoms with Crippen LogP contribution in [0.1, 0.15) is 25.8 Å². The third-order valence-corrected chi connectivity index (χ3v) is 4.25. The van der Waals surface area contributed by atoms with Gasteiger partial charge in [0.1, 0.15) is 11.8 Å². The van der Waals surface area contributed by atoms with E-state index in [1.165, 1.54) is 0 Å². The maximum absolute atomic E-state index is 11.8. The molecule has 2 N–H and O–H groups in total. The fraction of sp³-hybridized carbons (Fsp3) is 0.200. The van der Waals surface area contributed by atoms with Crippen LogP contribution in [0.3, 0.4) is 0 Å². The molecule has 6 heteroatoms. The van der Waals surface area contributed by atoms with Crippen molar-refractivity contribution in [2.45, 2.75) is 26.0 Å². The van der Waals surface area contributed by atoms with E-state index < -0.39 is 6.10 Å². The monoisotopic (exact) mass is 349 g/mol.